The summed E-state index contributed by atoms with van der Waals surface area (Å²) >= 11 is 0. The van der Waals surface area contributed by atoms with Gasteiger partial charge in [-0.1, -0.05) is 0 Å². The molecule has 1 heterocycles. The summed E-state index contributed by atoms with van der Waals surface area (Å²) < 4.78 is 25.3. The molecule has 1 aliphatic rings. The van der Waals surface area contributed by atoms with Crippen LogP contribution in [0.15, 0.2) is 12.1 Å². The number of ether oxygens (including phenoxy) is 2. The maximum absolute atomic E-state index is 14.3. The van der Waals surface area contributed by atoms with Crippen molar-refractivity contribution in [1.29, 1.82) is 0 Å². The van der Waals surface area contributed by atoms with E-state index in [2.05, 4.69) is 12.2 Å². The Balaban J connectivity index is 2.63. The van der Waals surface area contributed by atoms with Gasteiger partial charge in [0.1, 0.15) is 5.67 Å². The molecule has 0 bridgehead atoms. The maximum atomic E-state index is 14.3. The van der Waals surface area contributed by atoms with E-state index in [9.17, 15) is 4.39 Å². The zero-order valence-corrected chi connectivity index (χ0v) is 13.0. The van der Waals surface area contributed by atoms with E-state index in [0.29, 0.717) is 17.1 Å². The number of methoxy groups -OCH3 is 2. The van der Waals surface area contributed by atoms with Crippen LogP contribution >= 0.6 is 0 Å². The van der Waals surface area contributed by atoms with Crippen molar-refractivity contribution in [2.75, 3.05) is 20.8 Å². The lowest BCUT2D eigenvalue weighted by molar-refractivity contribution is 0.219. The topological polar surface area (TPSA) is 30.5 Å². The van der Waals surface area contributed by atoms with Gasteiger partial charge in [-0.2, -0.15) is 0 Å². The largest absolute Gasteiger partial charge is 0.493 e. The quantitative estimate of drug-likeness (QED) is 0.916. The van der Waals surface area contributed by atoms with Gasteiger partial charge >= 0.3 is 0 Å². The fraction of sp³-hybridized carbons (Fsp3) is 0.625. The molecule has 0 spiro atoms. The van der Waals surface area contributed by atoms with Crippen molar-refractivity contribution < 1.29 is 13.9 Å². The molecule has 1 atom stereocenters. The molecule has 20 heavy (non-hydrogen) atoms. The zero-order chi connectivity index (χ0) is 15.0. The van der Waals surface area contributed by atoms with E-state index in [1.54, 1.807) is 34.1 Å². The van der Waals surface area contributed by atoms with Gasteiger partial charge in [0.2, 0.25) is 0 Å². The third-order valence-electron chi connectivity index (χ3n) is 4.13. The maximum Gasteiger partial charge on any atom is 0.165 e. The van der Waals surface area contributed by atoms with Gasteiger partial charge in [0.05, 0.1) is 14.2 Å². The minimum absolute atomic E-state index is 0.195. The third-order valence-corrected chi connectivity index (χ3v) is 4.13. The van der Waals surface area contributed by atoms with Crippen LogP contribution in [0, 0.1) is 0 Å². The second kappa shape index (κ2) is 5.24. The Bertz CT molecular complexity index is 488. The first-order chi connectivity index (χ1) is 9.31. The first-order valence-corrected chi connectivity index (χ1v) is 7.03. The fourth-order valence-electron chi connectivity index (χ4n) is 2.84. The van der Waals surface area contributed by atoms with Crippen LogP contribution in [0.25, 0.3) is 0 Å². The van der Waals surface area contributed by atoms with E-state index < -0.39 is 5.67 Å². The number of hydrogen-bond acceptors (Lipinski definition) is 3. The molecule has 1 N–H and O–H groups in total. The summed E-state index contributed by atoms with van der Waals surface area (Å²) in [5.74, 6) is 1.28. The zero-order valence-electron chi connectivity index (χ0n) is 13.0. The van der Waals surface area contributed by atoms with E-state index in [4.69, 9.17) is 9.47 Å². The lowest BCUT2D eigenvalue weighted by atomic mass is 9.86. The average molecular weight is 281 g/mol. The van der Waals surface area contributed by atoms with Crippen LogP contribution in [0.3, 0.4) is 0 Å². The van der Waals surface area contributed by atoms with Crippen molar-refractivity contribution >= 4 is 0 Å². The number of hydrogen-bond donors (Lipinski definition) is 1. The molecule has 0 amide bonds. The highest BCUT2D eigenvalue weighted by Crippen LogP contribution is 2.44. The van der Waals surface area contributed by atoms with Crippen molar-refractivity contribution in [3.8, 4) is 11.5 Å². The summed E-state index contributed by atoms with van der Waals surface area (Å²) in [6.07, 6.45) is 2.11. The SMILES string of the molecule is COc1cc(C(C)(C)F)cc(C2(C)CCCN2)c1OC. The summed E-state index contributed by atoms with van der Waals surface area (Å²) in [5.41, 5.74) is -0.0268. The standard InChI is InChI=1S/C16H24FNO2/c1-15(2,17)11-9-12(16(3)7-6-8-18-16)14(20-5)13(10-11)19-4/h9-10,18H,6-8H2,1-5H3. The van der Waals surface area contributed by atoms with Crippen molar-refractivity contribution in [2.24, 2.45) is 0 Å². The van der Waals surface area contributed by atoms with Crippen molar-refractivity contribution in [3.63, 3.8) is 0 Å². The van der Waals surface area contributed by atoms with Gasteiger partial charge in [-0.3, -0.25) is 0 Å². The van der Waals surface area contributed by atoms with Gasteiger partial charge < -0.3 is 14.8 Å². The molecule has 0 aliphatic carbocycles. The Morgan fingerprint density at radius 3 is 2.40 bits per heavy atom. The summed E-state index contributed by atoms with van der Waals surface area (Å²) in [5, 5.41) is 3.50. The van der Waals surface area contributed by atoms with Gasteiger partial charge in [-0.15, -0.1) is 0 Å². The Labute approximate surface area is 120 Å². The molecule has 112 valence electrons. The molecule has 0 saturated carbocycles. The smallest absolute Gasteiger partial charge is 0.165 e. The second-order valence-electron chi connectivity index (χ2n) is 6.09. The normalized spacial score (nSPS) is 22.9. The molecule has 0 aromatic heterocycles. The predicted octanol–water partition coefficient (Wildman–Crippen LogP) is 3.51. The van der Waals surface area contributed by atoms with E-state index in [1.165, 1.54) is 0 Å². The third kappa shape index (κ3) is 2.62. The van der Waals surface area contributed by atoms with Crippen LogP contribution in [0.5, 0.6) is 11.5 Å². The molecular formula is C16H24FNO2. The molecule has 1 aromatic rings. The fourth-order valence-corrected chi connectivity index (χ4v) is 2.84. The molecule has 1 aromatic carbocycles. The molecular weight excluding hydrogens is 257 g/mol. The average Bonchev–Trinajstić information content (AvgIpc) is 2.84. The number of nitrogens with one attached hydrogen (secondary N) is 1. The lowest BCUT2D eigenvalue weighted by Gasteiger charge is -2.30. The number of rotatable bonds is 4. The first-order valence-electron chi connectivity index (χ1n) is 7.03. The van der Waals surface area contributed by atoms with Gasteiger partial charge in [-0.05, 0) is 57.9 Å². The summed E-state index contributed by atoms with van der Waals surface area (Å²) in [7, 11) is 3.21. The molecule has 0 radical (unpaired) electrons. The Kier molecular flexibility index (Phi) is 3.96. The molecule has 1 saturated heterocycles. The van der Waals surface area contributed by atoms with Crippen molar-refractivity contribution in [3.05, 3.63) is 23.3 Å². The molecule has 2 rings (SSSR count). The van der Waals surface area contributed by atoms with E-state index in [1.807, 2.05) is 6.07 Å². The van der Waals surface area contributed by atoms with Gasteiger partial charge in [0, 0.05) is 11.1 Å². The van der Waals surface area contributed by atoms with Gasteiger partial charge in [-0.25, -0.2) is 4.39 Å². The Hall–Kier alpha value is -1.29. The van der Waals surface area contributed by atoms with Crippen LogP contribution in [-0.4, -0.2) is 20.8 Å². The van der Waals surface area contributed by atoms with E-state index in [0.717, 1.165) is 24.9 Å². The van der Waals surface area contributed by atoms with Crippen molar-refractivity contribution in [1.82, 2.24) is 5.32 Å². The van der Waals surface area contributed by atoms with Gasteiger partial charge in [0.15, 0.2) is 11.5 Å². The molecule has 1 unspecified atom stereocenters. The molecule has 4 heteroatoms. The second-order valence-corrected chi connectivity index (χ2v) is 6.09. The Morgan fingerprint density at radius 2 is 1.95 bits per heavy atom. The lowest BCUT2D eigenvalue weighted by Crippen LogP contribution is -2.34. The van der Waals surface area contributed by atoms with Crippen LogP contribution < -0.4 is 14.8 Å². The summed E-state index contributed by atoms with van der Waals surface area (Å²) in [4.78, 5) is 0. The molecule has 3 nitrogen and oxygen atoms in total. The van der Waals surface area contributed by atoms with Gasteiger partial charge in [0.25, 0.3) is 0 Å². The first kappa shape index (κ1) is 15.1. The highest BCUT2D eigenvalue weighted by molar-refractivity contribution is 5.53. The van der Waals surface area contributed by atoms with E-state index >= 15 is 0 Å². The van der Waals surface area contributed by atoms with Crippen molar-refractivity contribution in [2.45, 2.75) is 44.8 Å². The van der Waals surface area contributed by atoms with Crippen LogP contribution in [-0.2, 0) is 11.2 Å². The number of halogens is 1. The molecule has 1 fully saturated rings. The van der Waals surface area contributed by atoms with Crippen LogP contribution in [0.1, 0.15) is 44.7 Å². The summed E-state index contributed by atoms with van der Waals surface area (Å²) in [6, 6.07) is 3.63. The predicted molar refractivity (Wildman–Crippen MR) is 78.3 cm³/mol. The minimum atomic E-state index is -1.41. The highest BCUT2D eigenvalue weighted by atomic mass is 19.1. The minimum Gasteiger partial charge on any atom is -0.493 e. The van der Waals surface area contributed by atoms with E-state index in [-0.39, 0.29) is 5.54 Å². The number of alkyl halides is 1. The summed E-state index contributed by atoms with van der Waals surface area (Å²) in [6.45, 7) is 6.21. The Morgan fingerprint density at radius 1 is 1.25 bits per heavy atom. The number of benzene rings is 1. The molecule has 1 aliphatic heterocycles. The van der Waals surface area contributed by atoms with Crippen LogP contribution in [0.4, 0.5) is 4.39 Å². The monoisotopic (exact) mass is 281 g/mol. The highest BCUT2D eigenvalue weighted by Gasteiger charge is 2.35. The van der Waals surface area contributed by atoms with Crippen LogP contribution in [0.2, 0.25) is 0 Å².